The van der Waals surface area contributed by atoms with Gasteiger partial charge in [-0.2, -0.15) is 0 Å². The fourth-order valence-corrected chi connectivity index (χ4v) is 5.06. The average Bonchev–Trinajstić information content (AvgIpc) is 2.70. The number of hydrogen-bond donors (Lipinski definition) is 2. The molecule has 2 fully saturated rings. The highest BCUT2D eigenvalue weighted by molar-refractivity contribution is 4.81. The highest BCUT2D eigenvalue weighted by Gasteiger charge is 2.30. The van der Waals surface area contributed by atoms with Crippen LogP contribution in [0.15, 0.2) is 0 Å². The Morgan fingerprint density at radius 2 is 1.57 bits per heavy atom. The summed E-state index contributed by atoms with van der Waals surface area (Å²) < 4.78 is 17.4. The summed E-state index contributed by atoms with van der Waals surface area (Å²) in [5.41, 5.74) is 0.754. The molecule has 5 nitrogen and oxygen atoms in total. The van der Waals surface area contributed by atoms with Crippen molar-refractivity contribution in [3.8, 4) is 0 Å². The number of methoxy groups -OCH3 is 1. The molecule has 0 aromatic carbocycles. The fraction of sp³-hybridized carbons (Fsp3) is 1.00. The third kappa shape index (κ3) is 10.4. The normalized spacial score (nSPS) is 24.7. The van der Waals surface area contributed by atoms with Crippen LogP contribution in [-0.4, -0.2) is 63.4 Å². The molecule has 0 aliphatic heterocycles. The van der Waals surface area contributed by atoms with Crippen molar-refractivity contribution in [1.29, 1.82) is 0 Å². The zero-order valence-corrected chi connectivity index (χ0v) is 20.2. The smallest absolute Gasteiger partial charge is 0.104 e. The predicted molar refractivity (Wildman–Crippen MR) is 123 cm³/mol. The van der Waals surface area contributed by atoms with Gasteiger partial charge in [0, 0.05) is 19.7 Å². The molecule has 2 unspecified atom stereocenters. The minimum Gasteiger partial charge on any atom is -0.389 e. The van der Waals surface area contributed by atoms with Gasteiger partial charge in [0.05, 0.1) is 32.5 Å². The number of nitrogens with one attached hydrogen (secondary N) is 1. The van der Waals surface area contributed by atoms with Gasteiger partial charge in [-0.05, 0) is 49.4 Å². The van der Waals surface area contributed by atoms with E-state index in [4.69, 9.17) is 14.2 Å². The van der Waals surface area contributed by atoms with E-state index >= 15 is 0 Å². The molecule has 2 saturated carbocycles. The van der Waals surface area contributed by atoms with Crippen molar-refractivity contribution in [2.24, 2.45) is 10.8 Å². The lowest BCUT2D eigenvalue weighted by atomic mass is 9.72. The summed E-state index contributed by atoms with van der Waals surface area (Å²) in [5, 5.41) is 13.8. The number of rotatable bonds is 12. The van der Waals surface area contributed by atoms with E-state index in [1.807, 2.05) is 0 Å². The van der Waals surface area contributed by atoms with Crippen LogP contribution in [0.5, 0.6) is 0 Å². The zero-order chi connectivity index (χ0) is 21.9. The van der Waals surface area contributed by atoms with Gasteiger partial charge in [-0.3, -0.25) is 0 Å². The minimum absolute atomic E-state index is 0.129. The summed E-state index contributed by atoms with van der Waals surface area (Å²) in [7, 11) is 1.69. The Bertz CT molecular complexity index is 438. The molecule has 0 aromatic heterocycles. The lowest BCUT2D eigenvalue weighted by Gasteiger charge is -2.36. The second-order valence-corrected chi connectivity index (χ2v) is 11.0. The van der Waals surface area contributed by atoms with Crippen molar-refractivity contribution in [1.82, 2.24) is 5.32 Å². The van der Waals surface area contributed by atoms with E-state index in [0.717, 1.165) is 6.61 Å². The standard InChI is InChI=1S/C25H49NO4/c1-24(2)12-8-14-25(3,15-9-13-24)20-29-19-23(18-28-4)30-17-22(27)16-26-21-10-6-5-7-11-21/h21-23,26-27H,5-20H2,1-4H3. The SMILES string of the molecule is COCC(COCC1(C)CCCC(C)(C)CCC1)OCC(O)CNC1CCCCC1. The summed E-state index contributed by atoms with van der Waals surface area (Å²) in [6.07, 6.45) is 13.4. The third-order valence-corrected chi connectivity index (χ3v) is 7.15. The van der Waals surface area contributed by atoms with E-state index < -0.39 is 6.10 Å². The molecule has 5 heteroatoms. The van der Waals surface area contributed by atoms with E-state index in [1.54, 1.807) is 7.11 Å². The molecule has 2 aliphatic rings. The molecular formula is C25H49NO4. The number of aliphatic hydroxyl groups is 1. The lowest BCUT2D eigenvalue weighted by Crippen LogP contribution is -2.40. The van der Waals surface area contributed by atoms with Gasteiger partial charge in [-0.15, -0.1) is 0 Å². The Morgan fingerprint density at radius 1 is 0.900 bits per heavy atom. The van der Waals surface area contributed by atoms with Crippen molar-refractivity contribution < 1.29 is 19.3 Å². The molecule has 0 spiro atoms. The quantitative estimate of drug-likeness (QED) is 0.472. The van der Waals surface area contributed by atoms with Crippen LogP contribution >= 0.6 is 0 Å². The van der Waals surface area contributed by atoms with E-state index in [0.29, 0.717) is 37.8 Å². The third-order valence-electron chi connectivity index (χ3n) is 7.15. The molecular weight excluding hydrogens is 378 g/mol. The number of ether oxygens (including phenoxy) is 3. The molecule has 178 valence electrons. The molecule has 2 rings (SSSR count). The second kappa shape index (κ2) is 13.4. The Hall–Kier alpha value is -0.200. The van der Waals surface area contributed by atoms with E-state index in [1.165, 1.54) is 70.6 Å². The fourth-order valence-electron chi connectivity index (χ4n) is 5.06. The van der Waals surface area contributed by atoms with Crippen molar-refractivity contribution in [2.75, 3.05) is 40.1 Å². The van der Waals surface area contributed by atoms with Gasteiger partial charge >= 0.3 is 0 Å². The Labute approximate surface area is 185 Å². The molecule has 2 aliphatic carbocycles. The molecule has 2 atom stereocenters. The van der Waals surface area contributed by atoms with E-state index in [-0.39, 0.29) is 11.5 Å². The average molecular weight is 428 g/mol. The maximum atomic E-state index is 10.3. The summed E-state index contributed by atoms with van der Waals surface area (Å²) in [6, 6.07) is 0.557. The van der Waals surface area contributed by atoms with Crippen LogP contribution in [0, 0.1) is 10.8 Å². The molecule has 0 radical (unpaired) electrons. The minimum atomic E-state index is -0.488. The first-order valence-electron chi connectivity index (χ1n) is 12.4. The largest absolute Gasteiger partial charge is 0.389 e. The van der Waals surface area contributed by atoms with Crippen molar-refractivity contribution in [2.45, 2.75) is 110 Å². The monoisotopic (exact) mass is 427 g/mol. The first-order valence-corrected chi connectivity index (χ1v) is 12.4. The van der Waals surface area contributed by atoms with Crippen LogP contribution in [0.25, 0.3) is 0 Å². The van der Waals surface area contributed by atoms with E-state index in [9.17, 15) is 5.11 Å². The summed E-state index contributed by atoms with van der Waals surface area (Å²) >= 11 is 0. The Balaban J connectivity index is 1.65. The van der Waals surface area contributed by atoms with Crippen LogP contribution < -0.4 is 5.32 Å². The molecule has 0 bridgehead atoms. The van der Waals surface area contributed by atoms with Gasteiger partial charge in [0.25, 0.3) is 0 Å². The molecule has 0 amide bonds. The van der Waals surface area contributed by atoms with Crippen LogP contribution in [0.4, 0.5) is 0 Å². The first kappa shape index (κ1) is 26.1. The van der Waals surface area contributed by atoms with Crippen molar-refractivity contribution >= 4 is 0 Å². The topological polar surface area (TPSA) is 60.0 Å². The van der Waals surface area contributed by atoms with E-state index in [2.05, 4.69) is 26.1 Å². The lowest BCUT2D eigenvalue weighted by molar-refractivity contribution is -0.0864. The van der Waals surface area contributed by atoms with Crippen LogP contribution in [0.1, 0.15) is 91.4 Å². The molecule has 2 N–H and O–H groups in total. The molecule has 30 heavy (non-hydrogen) atoms. The second-order valence-electron chi connectivity index (χ2n) is 11.0. The Kier molecular flexibility index (Phi) is 11.6. The molecule has 0 heterocycles. The van der Waals surface area contributed by atoms with Gasteiger partial charge in [0.15, 0.2) is 0 Å². The molecule has 0 saturated heterocycles. The van der Waals surface area contributed by atoms with Gasteiger partial charge in [-0.25, -0.2) is 0 Å². The number of aliphatic hydroxyl groups excluding tert-OH is 1. The van der Waals surface area contributed by atoms with Crippen LogP contribution in [-0.2, 0) is 14.2 Å². The zero-order valence-electron chi connectivity index (χ0n) is 20.2. The van der Waals surface area contributed by atoms with Gasteiger partial charge < -0.3 is 24.6 Å². The molecule has 0 aromatic rings. The highest BCUT2D eigenvalue weighted by Crippen LogP contribution is 2.40. The summed E-state index contributed by atoms with van der Waals surface area (Å²) in [6.45, 7) is 9.89. The van der Waals surface area contributed by atoms with Crippen LogP contribution in [0.2, 0.25) is 0 Å². The Morgan fingerprint density at radius 3 is 2.20 bits per heavy atom. The highest BCUT2D eigenvalue weighted by atomic mass is 16.6. The maximum Gasteiger partial charge on any atom is 0.104 e. The predicted octanol–water partition coefficient (Wildman–Crippen LogP) is 4.70. The van der Waals surface area contributed by atoms with Crippen LogP contribution in [0.3, 0.4) is 0 Å². The van der Waals surface area contributed by atoms with Gasteiger partial charge in [0.2, 0.25) is 0 Å². The van der Waals surface area contributed by atoms with Crippen molar-refractivity contribution in [3.05, 3.63) is 0 Å². The van der Waals surface area contributed by atoms with Gasteiger partial charge in [-0.1, -0.05) is 52.9 Å². The van der Waals surface area contributed by atoms with Crippen molar-refractivity contribution in [3.63, 3.8) is 0 Å². The summed E-state index contributed by atoms with van der Waals surface area (Å²) in [4.78, 5) is 0. The maximum absolute atomic E-state index is 10.3. The summed E-state index contributed by atoms with van der Waals surface area (Å²) in [5.74, 6) is 0. The first-order chi connectivity index (χ1) is 14.3. The van der Waals surface area contributed by atoms with Gasteiger partial charge in [0.1, 0.15) is 6.10 Å². The number of hydrogen-bond acceptors (Lipinski definition) is 5.